The summed E-state index contributed by atoms with van der Waals surface area (Å²) in [5.41, 5.74) is 2.73. The number of carbonyl (C=O) groups excluding carboxylic acids is 3. The third-order valence-electron chi connectivity index (χ3n) is 4.15. The van der Waals surface area contributed by atoms with E-state index in [1.54, 1.807) is 36.4 Å². The smallest absolute Gasteiger partial charge is 0.256 e. The number of amides is 2. The van der Waals surface area contributed by atoms with Crippen LogP contribution >= 0.6 is 0 Å². The Kier molecular flexibility index (Phi) is 4.52. The van der Waals surface area contributed by atoms with E-state index in [4.69, 9.17) is 0 Å². The molecule has 0 saturated carbocycles. The predicted molar refractivity (Wildman–Crippen MR) is 90.9 cm³/mol. The van der Waals surface area contributed by atoms with E-state index in [1.165, 1.54) is 4.90 Å². The average Bonchev–Trinajstić information content (AvgIpc) is 2.83. The van der Waals surface area contributed by atoms with E-state index in [1.807, 2.05) is 19.1 Å². The summed E-state index contributed by atoms with van der Waals surface area (Å²) in [5, 5.41) is 13.6. The molecule has 1 aliphatic rings. The van der Waals surface area contributed by atoms with Crippen molar-refractivity contribution in [1.29, 1.82) is 0 Å². The summed E-state index contributed by atoms with van der Waals surface area (Å²) >= 11 is 0. The van der Waals surface area contributed by atoms with Crippen molar-refractivity contribution in [3.63, 3.8) is 0 Å². The van der Waals surface area contributed by atoms with Crippen LogP contribution in [0.3, 0.4) is 0 Å². The number of carboxylic acid groups (broad SMARTS) is 1. The zero-order chi connectivity index (χ0) is 18.0. The first kappa shape index (κ1) is 16.7. The Hall–Kier alpha value is -3.15. The summed E-state index contributed by atoms with van der Waals surface area (Å²) in [6, 6.07) is 13.3. The van der Waals surface area contributed by atoms with Gasteiger partial charge in [-0.25, -0.2) is 4.90 Å². The van der Waals surface area contributed by atoms with Crippen molar-refractivity contribution in [1.82, 2.24) is 0 Å². The Balaban J connectivity index is 1.74. The number of rotatable bonds is 5. The lowest BCUT2D eigenvalue weighted by atomic mass is 10.1. The summed E-state index contributed by atoms with van der Waals surface area (Å²) in [7, 11) is 0. The Morgan fingerprint density at radius 3 is 2.48 bits per heavy atom. The first-order valence-electron chi connectivity index (χ1n) is 7.93. The number of carboxylic acids is 1. The van der Waals surface area contributed by atoms with E-state index in [9.17, 15) is 19.5 Å². The van der Waals surface area contributed by atoms with Gasteiger partial charge in [-0.15, -0.1) is 0 Å². The molecule has 0 unspecified atom stereocenters. The quantitative estimate of drug-likeness (QED) is 0.823. The summed E-state index contributed by atoms with van der Waals surface area (Å²) in [4.78, 5) is 36.8. The molecule has 1 N–H and O–H groups in total. The monoisotopic (exact) mass is 337 g/mol. The molecule has 1 fully saturated rings. The van der Waals surface area contributed by atoms with Crippen LogP contribution in [-0.4, -0.2) is 23.8 Å². The molecule has 0 aliphatic carbocycles. The van der Waals surface area contributed by atoms with Crippen molar-refractivity contribution >= 4 is 29.2 Å². The molecule has 0 spiro atoms. The molecule has 1 saturated heterocycles. The molecule has 2 aromatic rings. The molecule has 1 atom stereocenters. The van der Waals surface area contributed by atoms with Gasteiger partial charge in [0.05, 0.1) is 12.1 Å². The predicted octanol–water partition coefficient (Wildman–Crippen LogP) is 1.03. The van der Waals surface area contributed by atoms with Crippen LogP contribution in [0.4, 0.5) is 11.4 Å². The highest BCUT2D eigenvalue weighted by Gasteiger charge is 2.40. The van der Waals surface area contributed by atoms with Crippen molar-refractivity contribution in [2.45, 2.75) is 25.8 Å². The molecule has 0 bridgehead atoms. The summed E-state index contributed by atoms with van der Waals surface area (Å²) in [6.45, 7) is 1.85. The van der Waals surface area contributed by atoms with Gasteiger partial charge in [-0.2, -0.15) is 0 Å². The van der Waals surface area contributed by atoms with Crippen molar-refractivity contribution in [2.24, 2.45) is 0 Å². The minimum atomic E-state index is -1.15. The first-order valence-corrected chi connectivity index (χ1v) is 7.93. The molecule has 3 rings (SSSR count). The highest BCUT2D eigenvalue weighted by molar-refractivity contribution is 6.23. The van der Waals surface area contributed by atoms with E-state index in [0.717, 1.165) is 5.56 Å². The maximum absolute atomic E-state index is 12.6. The number of aliphatic carboxylic acids is 1. The number of benzene rings is 2. The van der Waals surface area contributed by atoms with Crippen LogP contribution in [0.25, 0.3) is 0 Å². The third kappa shape index (κ3) is 3.52. The van der Waals surface area contributed by atoms with E-state index < -0.39 is 12.0 Å². The van der Waals surface area contributed by atoms with Gasteiger partial charge in [0.25, 0.3) is 5.91 Å². The fourth-order valence-corrected chi connectivity index (χ4v) is 2.90. The van der Waals surface area contributed by atoms with Crippen molar-refractivity contribution in [3.05, 3.63) is 59.7 Å². The zero-order valence-corrected chi connectivity index (χ0v) is 13.7. The van der Waals surface area contributed by atoms with Gasteiger partial charge in [-0.1, -0.05) is 30.3 Å². The molecule has 0 radical (unpaired) electrons. The molecule has 6 heteroatoms. The molecule has 0 aromatic heterocycles. The van der Waals surface area contributed by atoms with Crippen LogP contribution in [0.15, 0.2) is 48.5 Å². The molecular formula is C19H17N2O4-. The number of carbonyl (C=O) groups is 3. The lowest BCUT2D eigenvalue weighted by Crippen LogP contribution is -2.35. The maximum Gasteiger partial charge on any atom is 0.256 e. The third-order valence-corrected chi connectivity index (χ3v) is 4.15. The van der Waals surface area contributed by atoms with Gasteiger partial charge in [0.2, 0.25) is 5.91 Å². The summed E-state index contributed by atoms with van der Waals surface area (Å²) < 4.78 is 0. The maximum atomic E-state index is 12.6. The van der Waals surface area contributed by atoms with E-state index in [2.05, 4.69) is 5.32 Å². The molecule has 1 heterocycles. The van der Waals surface area contributed by atoms with Gasteiger partial charge in [-0.05, 0) is 36.2 Å². The van der Waals surface area contributed by atoms with Crippen molar-refractivity contribution in [2.75, 3.05) is 10.2 Å². The number of imide groups is 1. The number of anilines is 2. The topological polar surface area (TPSA) is 89.5 Å². The van der Waals surface area contributed by atoms with E-state index in [-0.39, 0.29) is 24.7 Å². The van der Waals surface area contributed by atoms with Gasteiger partial charge in [0.1, 0.15) is 6.04 Å². The van der Waals surface area contributed by atoms with Crippen LogP contribution in [0.5, 0.6) is 0 Å². The molecule has 25 heavy (non-hydrogen) atoms. The molecule has 128 valence electrons. The fourth-order valence-electron chi connectivity index (χ4n) is 2.90. The van der Waals surface area contributed by atoms with Gasteiger partial charge in [-0.3, -0.25) is 9.59 Å². The largest absolute Gasteiger partial charge is 0.550 e. The average molecular weight is 337 g/mol. The standard InChI is InChI=1S/C19H18N2O4/c1-12-4-2-3-5-16(12)21-17(22)11-15(19(21)25)20-14-8-6-13(7-9-14)10-18(23)24/h2-9,15,20H,10-11H2,1H3,(H,23,24)/p-1/t15-/m0/s1. The van der Waals surface area contributed by atoms with Crippen LogP contribution in [0, 0.1) is 6.92 Å². The fraction of sp³-hybridized carbons (Fsp3) is 0.211. The number of nitrogens with one attached hydrogen (secondary N) is 1. The SMILES string of the molecule is Cc1ccccc1N1C(=O)C[C@H](Nc2ccc(CC(=O)[O-])cc2)C1=O. The van der Waals surface area contributed by atoms with Crippen LogP contribution in [0.1, 0.15) is 17.5 Å². The Morgan fingerprint density at radius 1 is 1.16 bits per heavy atom. The Labute approximate surface area is 145 Å². The number of aryl methyl sites for hydroxylation is 1. The first-order chi connectivity index (χ1) is 12.0. The van der Waals surface area contributed by atoms with Gasteiger partial charge < -0.3 is 15.2 Å². The van der Waals surface area contributed by atoms with Crippen LogP contribution in [0.2, 0.25) is 0 Å². The lowest BCUT2D eigenvalue weighted by Gasteiger charge is -2.18. The highest BCUT2D eigenvalue weighted by Crippen LogP contribution is 2.27. The normalized spacial score (nSPS) is 17.0. The highest BCUT2D eigenvalue weighted by atomic mass is 16.4. The second-order valence-electron chi connectivity index (χ2n) is 6.00. The van der Waals surface area contributed by atoms with Crippen LogP contribution < -0.4 is 15.3 Å². The number of para-hydroxylation sites is 1. The van der Waals surface area contributed by atoms with E-state index in [0.29, 0.717) is 16.9 Å². The molecule has 2 amide bonds. The molecule has 1 aliphatic heterocycles. The second-order valence-corrected chi connectivity index (χ2v) is 6.00. The summed E-state index contributed by atoms with van der Waals surface area (Å²) in [5.74, 6) is -1.69. The number of hydrogen-bond acceptors (Lipinski definition) is 5. The van der Waals surface area contributed by atoms with Crippen molar-refractivity contribution < 1.29 is 19.5 Å². The molecular weight excluding hydrogens is 320 g/mol. The van der Waals surface area contributed by atoms with Gasteiger partial charge in [0.15, 0.2) is 0 Å². The Morgan fingerprint density at radius 2 is 1.84 bits per heavy atom. The minimum Gasteiger partial charge on any atom is -0.550 e. The minimum absolute atomic E-state index is 0.0773. The van der Waals surface area contributed by atoms with E-state index >= 15 is 0 Å². The second kappa shape index (κ2) is 6.76. The molecule has 6 nitrogen and oxygen atoms in total. The Bertz CT molecular complexity index is 830. The van der Waals surface area contributed by atoms with Crippen molar-refractivity contribution in [3.8, 4) is 0 Å². The van der Waals surface area contributed by atoms with Crippen LogP contribution in [-0.2, 0) is 20.8 Å². The van der Waals surface area contributed by atoms with Gasteiger partial charge in [0, 0.05) is 18.1 Å². The van der Waals surface area contributed by atoms with Gasteiger partial charge >= 0.3 is 0 Å². The summed E-state index contributed by atoms with van der Waals surface area (Å²) in [6.07, 6.45) is -0.0872. The number of nitrogens with zero attached hydrogens (tertiary/aromatic N) is 1. The molecule has 2 aromatic carbocycles. The number of hydrogen-bond donors (Lipinski definition) is 1. The zero-order valence-electron chi connectivity index (χ0n) is 13.7. The lowest BCUT2D eigenvalue weighted by molar-refractivity contribution is -0.304.